The van der Waals surface area contributed by atoms with Crippen LogP contribution in [0.5, 0.6) is 0 Å². The molecule has 0 fully saturated rings. The summed E-state index contributed by atoms with van der Waals surface area (Å²) in [5.41, 5.74) is 5.65. The molecule has 0 aliphatic rings. The lowest BCUT2D eigenvalue weighted by molar-refractivity contribution is 0.102. The van der Waals surface area contributed by atoms with Crippen molar-refractivity contribution in [3.05, 3.63) is 57.0 Å². The van der Waals surface area contributed by atoms with Crippen molar-refractivity contribution >= 4 is 44.8 Å². The van der Waals surface area contributed by atoms with Crippen LogP contribution in [0.2, 0.25) is 5.02 Å². The van der Waals surface area contributed by atoms with E-state index < -0.39 is 17.5 Å². The number of anilines is 2. The van der Waals surface area contributed by atoms with Gasteiger partial charge in [0.15, 0.2) is 11.6 Å². The van der Waals surface area contributed by atoms with Gasteiger partial charge in [-0.1, -0.05) is 11.6 Å². The van der Waals surface area contributed by atoms with E-state index >= 15 is 0 Å². The molecule has 0 aliphatic carbocycles. The lowest BCUT2D eigenvalue weighted by Gasteiger charge is -2.10. The van der Waals surface area contributed by atoms with Crippen LogP contribution < -0.4 is 11.1 Å². The summed E-state index contributed by atoms with van der Waals surface area (Å²) in [4.78, 5) is 12.0. The molecule has 20 heavy (non-hydrogen) atoms. The van der Waals surface area contributed by atoms with Crippen LogP contribution in [0.4, 0.5) is 20.2 Å². The Hall–Kier alpha value is -1.66. The zero-order chi connectivity index (χ0) is 14.9. The maximum absolute atomic E-state index is 13.2. The molecular weight excluding hydrogens is 354 g/mol. The highest BCUT2D eigenvalue weighted by Crippen LogP contribution is 2.27. The van der Waals surface area contributed by atoms with Crippen molar-refractivity contribution in [3.8, 4) is 0 Å². The summed E-state index contributed by atoms with van der Waals surface area (Å²) in [5.74, 6) is -2.89. The van der Waals surface area contributed by atoms with Crippen molar-refractivity contribution < 1.29 is 13.6 Å². The van der Waals surface area contributed by atoms with Crippen LogP contribution in [0.25, 0.3) is 0 Å². The molecule has 104 valence electrons. The average molecular weight is 362 g/mol. The van der Waals surface area contributed by atoms with E-state index in [1.807, 2.05) is 0 Å². The van der Waals surface area contributed by atoms with Gasteiger partial charge in [-0.25, -0.2) is 8.78 Å². The summed E-state index contributed by atoms with van der Waals surface area (Å²) in [7, 11) is 0. The van der Waals surface area contributed by atoms with Gasteiger partial charge < -0.3 is 11.1 Å². The number of rotatable bonds is 2. The van der Waals surface area contributed by atoms with Crippen molar-refractivity contribution in [1.29, 1.82) is 0 Å². The van der Waals surface area contributed by atoms with E-state index in [1.165, 1.54) is 0 Å². The number of hydrogen-bond acceptors (Lipinski definition) is 2. The van der Waals surface area contributed by atoms with E-state index in [0.717, 1.165) is 12.1 Å². The van der Waals surface area contributed by atoms with Crippen LogP contribution >= 0.6 is 27.5 Å². The second-order valence-corrected chi connectivity index (χ2v) is 5.22. The molecule has 0 spiro atoms. The van der Waals surface area contributed by atoms with E-state index in [-0.39, 0.29) is 11.3 Å². The summed E-state index contributed by atoms with van der Waals surface area (Å²) < 4.78 is 26.7. The second kappa shape index (κ2) is 5.76. The molecule has 0 heterocycles. The highest BCUT2D eigenvalue weighted by Gasteiger charge is 2.15. The predicted octanol–water partition coefficient (Wildman–Crippen LogP) is 4.22. The first-order valence-electron chi connectivity index (χ1n) is 5.39. The van der Waals surface area contributed by atoms with E-state index in [4.69, 9.17) is 17.3 Å². The number of hydrogen-bond donors (Lipinski definition) is 2. The Morgan fingerprint density at radius 3 is 2.50 bits per heavy atom. The molecule has 0 aliphatic heterocycles. The van der Waals surface area contributed by atoms with Gasteiger partial charge in [0.05, 0.1) is 11.3 Å². The van der Waals surface area contributed by atoms with Gasteiger partial charge >= 0.3 is 0 Å². The number of benzene rings is 2. The molecule has 3 nitrogen and oxygen atoms in total. The maximum Gasteiger partial charge on any atom is 0.257 e. The van der Waals surface area contributed by atoms with Crippen molar-refractivity contribution in [2.24, 2.45) is 0 Å². The maximum atomic E-state index is 13.2. The van der Waals surface area contributed by atoms with Crippen molar-refractivity contribution in [2.75, 3.05) is 11.1 Å². The molecule has 7 heteroatoms. The summed E-state index contributed by atoms with van der Waals surface area (Å²) in [6.45, 7) is 0. The Morgan fingerprint density at radius 2 is 1.85 bits per heavy atom. The zero-order valence-electron chi connectivity index (χ0n) is 9.88. The molecule has 0 atom stereocenters. The highest BCUT2D eigenvalue weighted by atomic mass is 79.9. The summed E-state index contributed by atoms with van der Waals surface area (Å²) in [6, 6.07) is 6.26. The highest BCUT2D eigenvalue weighted by molar-refractivity contribution is 9.10. The van der Waals surface area contributed by atoms with Crippen LogP contribution in [0.15, 0.2) is 34.8 Å². The molecule has 2 aromatic carbocycles. The Labute approximate surface area is 126 Å². The lowest BCUT2D eigenvalue weighted by Crippen LogP contribution is -2.15. The van der Waals surface area contributed by atoms with Crippen LogP contribution in [0.1, 0.15) is 10.4 Å². The third-order valence-electron chi connectivity index (χ3n) is 2.52. The number of carbonyl (C=O) groups is 1. The molecule has 0 aromatic heterocycles. The quantitative estimate of drug-likeness (QED) is 0.787. The number of nitrogen functional groups attached to an aromatic ring is 1. The first-order valence-corrected chi connectivity index (χ1v) is 6.56. The molecule has 3 N–H and O–H groups in total. The molecular formula is C13H8BrClF2N2O. The minimum Gasteiger partial charge on any atom is -0.398 e. The van der Waals surface area contributed by atoms with Gasteiger partial charge in [-0.3, -0.25) is 4.79 Å². The largest absolute Gasteiger partial charge is 0.398 e. The van der Waals surface area contributed by atoms with Crippen LogP contribution in [-0.2, 0) is 0 Å². The van der Waals surface area contributed by atoms with Crippen LogP contribution in [0, 0.1) is 11.6 Å². The summed E-state index contributed by atoms with van der Waals surface area (Å²) in [6.07, 6.45) is 0. The van der Waals surface area contributed by atoms with Gasteiger partial charge in [0, 0.05) is 21.2 Å². The molecule has 0 saturated carbocycles. The van der Waals surface area contributed by atoms with E-state index in [1.54, 1.807) is 18.2 Å². The average Bonchev–Trinajstić information content (AvgIpc) is 2.37. The summed E-state index contributed by atoms with van der Waals surface area (Å²) >= 11 is 9.01. The van der Waals surface area contributed by atoms with Crippen molar-refractivity contribution in [3.63, 3.8) is 0 Å². The first-order chi connectivity index (χ1) is 9.38. The van der Waals surface area contributed by atoms with Gasteiger partial charge in [0.25, 0.3) is 5.91 Å². The monoisotopic (exact) mass is 360 g/mol. The summed E-state index contributed by atoms with van der Waals surface area (Å²) in [5, 5.41) is 3.02. The number of amides is 1. The molecule has 1 amide bonds. The molecule has 0 bridgehead atoms. The number of carbonyl (C=O) groups excluding carboxylic acids is 1. The predicted molar refractivity (Wildman–Crippen MR) is 77.9 cm³/mol. The fourth-order valence-corrected chi connectivity index (χ4v) is 2.32. The SMILES string of the molecule is Nc1cc(F)c(F)cc1C(=O)Nc1ccc(Cl)cc1Br. The minimum atomic E-state index is -1.14. The van der Waals surface area contributed by atoms with Gasteiger partial charge in [0.1, 0.15) is 0 Å². The molecule has 2 rings (SSSR count). The first kappa shape index (κ1) is 14.7. The van der Waals surface area contributed by atoms with Crippen molar-refractivity contribution in [2.45, 2.75) is 0 Å². The second-order valence-electron chi connectivity index (χ2n) is 3.93. The Balaban J connectivity index is 2.31. The van der Waals surface area contributed by atoms with Gasteiger partial charge in [0.2, 0.25) is 0 Å². The molecule has 0 saturated heterocycles. The van der Waals surface area contributed by atoms with E-state index in [0.29, 0.717) is 15.2 Å². The van der Waals surface area contributed by atoms with Crippen LogP contribution in [0.3, 0.4) is 0 Å². The third-order valence-corrected chi connectivity index (χ3v) is 3.41. The normalized spacial score (nSPS) is 10.4. The van der Waals surface area contributed by atoms with Gasteiger partial charge in [-0.2, -0.15) is 0 Å². The lowest BCUT2D eigenvalue weighted by atomic mass is 10.1. The number of nitrogens with one attached hydrogen (secondary N) is 1. The smallest absolute Gasteiger partial charge is 0.257 e. The topological polar surface area (TPSA) is 55.1 Å². The number of halogens is 4. The Kier molecular flexibility index (Phi) is 4.25. The molecule has 2 aromatic rings. The fourth-order valence-electron chi connectivity index (χ4n) is 1.54. The van der Waals surface area contributed by atoms with E-state index in [2.05, 4.69) is 21.2 Å². The van der Waals surface area contributed by atoms with Gasteiger partial charge in [-0.15, -0.1) is 0 Å². The molecule has 0 radical (unpaired) electrons. The Morgan fingerprint density at radius 1 is 1.20 bits per heavy atom. The zero-order valence-corrected chi connectivity index (χ0v) is 12.2. The van der Waals surface area contributed by atoms with Crippen LogP contribution in [-0.4, -0.2) is 5.91 Å². The standard InChI is InChI=1S/C13H8BrClF2N2O/c14-8-3-6(15)1-2-12(8)19-13(20)7-4-9(16)10(17)5-11(7)18/h1-5H,18H2,(H,19,20). The van der Waals surface area contributed by atoms with E-state index in [9.17, 15) is 13.6 Å². The number of nitrogens with two attached hydrogens (primary N) is 1. The molecule has 0 unspecified atom stereocenters. The minimum absolute atomic E-state index is 0.147. The van der Waals surface area contributed by atoms with Gasteiger partial charge in [-0.05, 0) is 40.2 Å². The van der Waals surface area contributed by atoms with Crippen molar-refractivity contribution in [1.82, 2.24) is 0 Å². The fraction of sp³-hybridized carbons (Fsp3) is 0. The Bertz CT molecular complexity index is 694. The third kappa shape index (κ3) is 3.08.